The molecule has 0 atom stereocenters. The smallest absolute Gasteiger partial charge is 0.341 e. The lowest BCUT2D eigenvalue weighted by Gasteiger charge is -2.10. The molecule has 0 spiro atoms. The van der Waals surface area contributed by atoms with Crippen LogP contribution in [0.25, 0.3) is 0 Å². The van der Waals surface area contributed by atoms with E-state index in [-0.39, 0.29) is 17.1 Å². The molecule has 0 saturated heterocycles. The van der Waals surface area contributed by atoms with Crippen LogP contribution in [0.2, 0.25) is 0 Å². The molecule has 1 aromatic carbocycles. The van der Waals surface area contributed by atoms with E-state index in [1.54, 1.807) is 0 Å². The van der Waals surface area contributed by atoms with Crippen molar-refractivity contribution in [2.75, 3.05) is 6.61 Å². The Hall–Kier alpha value is -1.47. The molecule has 5 nitrogen and oxygen atoms in total. The summed E-state index contributed by atoms with van der Waals surface area (Å²) >= 11 is 0. The third-order valence-corrected chi connectivity index (χ3v) is 3.77. The number of primary sulfonamides is 1. The number of ether oxygens (including phenoxy) is 1. The molecule has 7 heteroatoms. The first-order valence-corrected chi connectivity index (χ1v) is 7.67. The minimum Gasteiger partial charge on any atom is -0.462 e. The van der Waals surface area contributed by atoms with E-state index < -0.39 is 27.4 Å². The number of aryl methyl sites for hydroxylation is 1. The van der Waals surface area contributed by atoms with Crippen molar-refractivity contribution in [3.63, 3.8) is 0 Å². The molecule has 0 amide bonds. The Morgan fingerprint density at radius 2 is 2.00 bits per heavy atom. The average molecular weight is 303 g/mol. The van der Waals surface area contributed by atoms with Gasteiger partial charge in [-0.2, -0.15) is 0 Å². The first-order valence-electron chi connectivity index (χ1n) is 6.13. The number of nitrogens with two attached hydrogens (primary N) is 1. The third-order valence-electron chi connectivity index (χ3n) is 2.72. The molecule has 0 unspecified atom stereocenters. The fourth-order valence-electron chi connectivity index (χ4n) is 1.58. The number of sulfonamides is 1. The summed E-state index contributed by atoms with van der Waals surface area (Å²) in [4.78, 5) is 11.5. The van der Waals surface area contributed by atoms with Crippen LogP contribution in [0.5, 0.6) is 0 Å². The monoisotopic (exact) mass is 303 g/mol. The van der Waals surface area contributed by atoms with Gasteiger partial charge in [0, 0.05) is 0 Å². The van der Waals surface area contributed by atoms with Crippen LogP contribution < -0.4 is 5.14 Å². The Morgan fingerprint density at radius 1 is 1.40 bits per heavy atom. The zero-order valence-corrected chi connectivity index (χ0v) is 12.5. The van der Waals surface area contributed by atoms with Gasteiger partial charge in [-0.15, -0.1) is 0 Å². The predicted molar refractivity (Wildman–Crippen MR) is 72.2 cm³/mol. The standard InChI is InChI=1S/C13H18FNO4S/c1-8(2)4-5-19-13(16)10-7-12(20(15,17)18)9(3)6-11(10)14/h6-8H,4-5H2,1-3H3,(H2,15,17,18). The Kier molecular flexibility index (Phi) is 5.24. The highest BCUT2D eigenvalue weighted by molar-refractivity contribution is 7.89. The maximum atomic E-state index is 13.7. The summed E-state index contributed by atoms with van der Waals surface area (Å²) in [5.41, 5.74) is -0.285. The summed E-state index contributed by atoms with van der Waals surface area (Å²) in [6, 6.07) is 1.87. The zero-order valence-electron chi connectivity index (χ0n) is 11.6. The lowest BCUT2D eigenvalue weighted by atomic mass is 10.1. The first kappa shape index (κ1) is 16.6. The van der Waals surface area contributed by atoms with E-state index in [4.69, 9.17) is 9.88 Å². The SMILES string of the molecule is Cc1cc(F)c(C(=O)OCCC(C)C)cc1S(N)(=O)=O. The number of carbonyl (C=O) groups is 1. The number of rotatable bonds is 5. The van der Waals surface area contributed by atoms with Crippen molar-refractivity contribution in [2.45, 2.75) is 32.1 Å². The number of hydrogen-bond acceptors (Lipinski definition) is 4. The molecule has 1 rings (SSSR count). The highest BCUT2D eigenvalue weighted by Gasteiger charge is 2.20. The lowest BCUT2D eigenvalue weighted by Crippen LogP contribution is -2.17. The van der Waals surface area contributed by atoms with Gasteiger partial charge in [0.15, 0.2) is 0 Å². The van der Waals surface area contributed by atoms with Crippen LogP contribution in [0.1, 0.15) is 36.2 Å². The summed E-state index contributed by atoms with van der Waals surface area (Å²) in [6.07, 6.45) is 0.640. The maximum absolute atomic E-state index is 13.7. The number of hydrogen-bond donors (Lipinski definition) is 1. The Morgan fingerprint density at radius 3 is 2.50 bits per heavy atom. The van der Waals surface area contributed by atoms with E-state index in [0.717, 1.165) is 12.1 Å². The van der Waals surface area contributed by atoms with E-state index in [1.807, 2.05) is 13.8 Å². The van der Waals surface area contributed by atoms with Crippen LogP contribution in [0.3, 0.4) is 0 Å². The van der Waals surface area contributed by atoms with E-state index >= 15 is 0 Å². The van der Waals surface area contributed by atoms with Crippen LogP contribution in [0, 0.1) is 18.7 Å². The van der Waals surface area contributed by atoms with Crippen molar-refractivity contribution in [2.24, 2.45) is 11.1 Å². The van der Waals surface area contributed by atoms with Gasteiger partial charge in [0.1, 0.15) is 5.82 Å². The molecule has 0 bridgehead atoms. The summed E-state index contributed by atoms with van der Waals surface area (Å²) < 4.78 is 41.3. The Labute approximate surface area is 118 Å². The molecular formula is C13H18FNO4S. The Bertz CT molecular complexity index is 611. The van der Waals surface area contributed by atoms with Gasteiger partial charge in [-0.3, -0.25) is 0 Å². The molecular weight excluding hydrogens is 285 g/mol. The molecule has 0 heterocycles. The summed E-state index contributed by atoms with van der Waals surface area (Å²) in [5.74, 6) is -1.39. The molecule has 112 valence electrons. The molecule has 20 heavy (non-hydrogen) atoms. The fourth-order valence-corrected chi connectivity index (χ4v) is 2.37. The quantitative estimate of drug-likeness (QED) is 0.843. The second-order valence-electron chi connectivity index (χ2n) is 4.96. The predicted octanol–water partition coefficient (Wildman–Crippen LogP) is 1.98. The molecule has 0 aliphatic heterocycles. The van der Waals surface area contributed by atoms with Crippen molar-refractivity contribution in [1.82, 2.24) is 0 Å². The maximum Gasteiger partial charge on any atom is 0.341 e. The first-order chi connectivity index (χ1) is 9.12. The van der Waals surface area contributed by atoms with Crippen molar-refractivity contribution in [3.05, 3.63) is 29.1 Å². The third kappa shape index (κ3) is 4.28. The van der Waals surface area contributed by atoms with Gasteiger partial charge in [-0.05, 0) is 37.0 Å². The lowest BCUT2D eigenvalue weighted by molar-refractivity contribution is 0.0482. The molecule has 0 aliphatic rings. The zero-order chi connectivity index (χ0) is 15.5. The van der Waals surface area contributed by atoms with Crippen molar-refractivity contribution >= 4 is 16.0 Å². The molecule has 0 fully saturated rings. The van der Waals surface area contributed by atoms with Gasteiger partial charge in [0.05, 0.1) is 17.1 Å². The molecule has 2 N–H and O–H groups in total. The van der Waals surface area contributed by atoms with Gasteiger partial charge in [-0.1, -0.05) is 13.8 Å². The molecule has 0 saturated carbocycles. The highest BCUT2D eigenvalue weighted by atomic mass is 32.2. The molecule has 0 aromatic heterocycles. The van der Waals surface area contributed by atoms with Crippen LogP contribution >= 0.6 is 0 Å². The van der Waals surface area contributed by atoms with Gasteiger partial charge in [-0.25, -0.2) is 22.7 Å². The van der Waals surface area contributed by atoms with E-state index in [1.165, 1.54) is 6.92 Å². The number of halogens is 1. The van der Waals surface area contributed by atoms with Gasteiger partial charge in [0.2, 0.25) is 10.0 Å². The van der Waals surface area contributed by atoms with E-state index in [2.05, 4.69) is 0 Å². The van der Waals surface area contributed by atoms with E-state index in [0.29, 0.717) is 12.3 Å². The van der Waals surface area contributed by atoms with Gasteiger partial charge in [0.25, 0.3) is 0 Å². The second kappa shape index (κ2) is 6.32. The highest BCUT2D eigenvalue weighted by Crippen LogP contribution is 2.20. The van der Waals surface area contributed by atoms with Crippen molar-refractivity contribution in [3.8, 4) is 0 Å². The van der Waals surface area contributed by atoms with Crippen LogP contribution in [-0.4, -0.2) is 21.0 Å². The van der Waals surface area contributed by atoms with Crippen molar-refractivity contribution < 1.29 is 22.3 Å². The Balaban J connectivity index is 3.04. The minimum absolute atomic E-state index is 0.142. The summed E-state index contributed by atoms with van der Waals surface area (Å²) in [5, 5.41) is 5.01. The average Bonchev–Trinajstić information content (AvgIpc) is 2.26. The molecule has 0 radical (unpaired) electrons. The van der Waals surface area contributed by atoms with Crippen molar-refractivity contribution in [1.29, 1.82) is 0 Å². The largest absolute Gasteiger partial charge is 0.462 e. The van der Waals surface area contributed by atoms with Crippen LogP contribution in [-0.2, 0) is 14.8 Å². The second-order valence-corrected chi connectivity index (χ2v) is 6.49. The van der Waals surface area contributed by atoms with Crippen LogP contribution in [0.4, 0.5) is 4.39 Å². The topological polar surface area (TPSA) is 86.5 Å². The number of benzene rings is 1. The normalized spacial score (nSPS) is 11.7. The summed E-state index contributed by atoms with van der Waals surface area (Å²) in [7, 11) is -4.01. The van der Waals surface area contributed by atoms with Gasteiger partial charge < -0.3 is 4.74 Å². The fraction of sp³-hybridized carbons (Fsp3) is 0.462. The molecule has 1 aromatic rings. The van der Waals surface area contributed by atoms with E-state index in [9.17, 15) is 17.6 Å². The minimum atomic E-state index is -4.01. The van der Waals surface area contributed by atoms with Gasteiger partial charge >= 0.3 is 5.97 Å². The number of esters is 1. The van der Waals surface area contributed by atoms with Crippen LogP contribution in [0.15, 0.2) is 17.0 Å². The molecule has 0 aliphatic carbocycles. The summed E-state index contributed by atoms with van der Waals surface area (Å²) in [6.45, 7) is 5.46. The number of carbonyl (C=O) groups excluding carboxylic acids is 1.